The third-order valence-corrected chi connectivity index (χ3v) is 3.30. The fourth-order valence-corrected chi connectivity index (χ4v) is 2.18. The molecule has 0 bridgehead atoms. The van der Waals surface area contributed by atoms with Gasteiger partial charge in [0.2, 0.25) is 5.78 Å². The highest BCUT2D eigenvalue weighted by atomic mass is 16.6. The zero-order valence-electron chi connectivity index (χ0n) is 11.7. The van der Waals surface area contributed by atoms with E-state index in [2.05, 4.69) is 4.99 Å². The Kier molecular flexibility index (Phi) is 3.38. The third kappa shape index (κ3) is 2.56. The molecule has 1 aliphatic heterocycles. The minimum absolute atomic E-state index is 0.214. The molecule has 0 spiro atoms. The van der Waals surface area contributed by atoms with Gasteiger partial charge in [-0.25, -0.2) is 9.79 Å². The fourth-order valence-electron chi connectivity index (χ4n) is 2.18. The van der Waals surface area contributed by atoms with Gasteiger partial charge in [0, 0.05) is 11.8 Å². The lowest BCUT2D eigenvalue weighted by atomic mass is 10.1. The number of nitrogens with zero attached hydrogens (tertiary/aromatic N) is 2. The number of nitrogens with two attached hydrogens (primary N) is 2. The molecular formula is C15H14N4O3. The monoisotopic (exact) mass is 298 g/mol. The Labute approximate surface area is 126 Å². The predicted molar refractivity (Wildman–Crippen MR) is 81.4 cm³/mol. The summed E-state index contributed by atoms with van der Waals surface area (Å²) in [6, 6.07) is 6.92. The molecule has 22 heavy (non-hydrogen) atoms. The maximum Gasteiger partial charge on any atom is 0.414 e. The van der Waals surface area contributed by atoms with Crippen LogP contribution in [0.5, 0.6) is 0 Å². The first-order valence-electron chi connectivity index (χ1n) is 6.67. The molecule has 1 amide bonds. The van der Waals surface area contributed by atoms with Gasteiger partial charge in [-0.15, -0.1) is 0 Å². The summed E-state index contributed by atoms with van der Waals surface area (Å²) in [7, 11) is 0. The standard InChI is InChI=1S/C15H14N4O3/c16-9-1-3-10(4-2-9)18-12-8-13(14(20)7-11(12)17)19-5-6-22-15(19)21/h1-4,7-8H,5-6,16-17H2/b18-12-. The maximum atomic E-state index is 12.0. The highest BCUT2D eigenvalue weighted by Crippen LogP contribution is 2.21. The van der Waals surface area contributed by atoms with Crippen LogP contribution in [-0.4, -0.2) is 35.6 Å². The highest BCUT2D eigenvalue weighted by Gasteiger charge is 2.31. The summed E-state index contributed by atoms with van der Waals surface area (Å²) in [6.45, 7) is 0.590. The Balaban J connectivity index is 1.97. The van der Waals surface area contributed by atoms with Crippen molar-refractivity contribution in [3.05, 3.63) is 47.8 Å². The van der Waals surface area contributed by atoms with Crippen LogP contribution >= 0.6 is 0 Å². The molecule has 0 aromatic heterocycles. The molecule has 7 heteroatoms. The van der Waals surface area contributed by atoms with Gasteiger partial charge in [-0.1, -0.05) is 0 Å². The number of cyclic esters (lactones) is 1. The van der Waals surface area contributed by atoms with Gasteiger partial charge in [0.15, 0.2) is 0 Å². The summed E-state index contributed by atoms with van der Waals surface area (Å²) >= 11 is 0. The number of anilines is 1. The lowest BCUT2D eigenvalue weighted by Crippen LogP contribution is -2.31. The van der Waals surface area contributed by atoms with Crippen LogP contribution < -0.4 is 11.5 Å². The van der Waals surface area contributed by atoms with E-state index in [1.807, 2.05) is 0 Å². The molecule has 112 valence electrons. The van der Waals surface area contributed by atoms with Crippen molar-refractivity contribution in [1.82, 2.24) is 4.90 Å². The number of benzene rings is 1. The molecule has 1 aromatic rings. The van der Waals surface area contributed by atoms with Crippen molar-refractivity contribution in [2.45, 2.75) is 0 Å². The minimum Gasteiger partial charge on any atom is -0.447 e. The van der Waals surface area contributed by atoms with Gasteiger partial charge in [-0.05, 0) is 30.3 Å². The molecular weight excluding hydrogens is 284 g/mol. The third-order valence-electron chi connectivity index (χ3n) is 3.30. The van der Waals surface area contributed by atoms with Crippen molar-refractivity contribution >= 4 is 29.0 Å². The molecule has 1 heterocycles. The van der Waals surface area contributed by atoms with Crippen molar-refractivity contribution in [2.24, 2.45) is 10.7 Å². The van der Waals surface area contributed by atoms with Crippen LogP contribution in [0, 0.1) is 0 Å². The summed E-state index contributed by atoms with van der Waals surface area (Å²) in [6.07, 6.45) is 2.22. The molecule has 7 nitrogen and oxygen atoms in total. The van der Waals surface area contributed by atoms with Crippen molar-refractivity contribution in [3.8, 4) is 0 Å². The van der Waals surface area contributed by atoms with Gasteiger partial charge in [-0.3, -0.25) is 9.69 Å². The smallest absolute Gasteiger partial charge is 0.414 e. The number of hydrogen-bond acceptors (Lipinski definition) is 6. The van der Waals surface area contributed by atoms with Crippen LogP contribution in [0.15, 0.2) is 52.8 Å². The van der Waals surface area contributed by atoms with Gasteiger partial charge < -0.3 is 16.2 Å². The van der Waals surface area contributed by atoms with Crippen LogP contribution in [0.2, 0.25) is 0 Å². The number of amides is 1. The summed E-state index contributed by atoms with van der Waals surface area (Å²) < 4.78 is 4.85. The maximum absolute atomic E-state index is 12.0. The lowest BCUT2D eigenvalue weighted by Gasteiger charge is -2.18. The zero-order chi connectivity index (χ0) is 15.7. The molecule has 0 atom stereocenters. The second-order valence-corrected chi connectivity index (χ2v) is 4.85. The zero-order valence-corrected chi connectivity index (χ0v) is 11.7. The van der Waals surface area contributed by atoms with Gasteiger partial charge >= 0.3 is 6.09 Å². The first-order valence-corrected chi connectivity index (χ1v) is 6.67. The first kappa shape index (κ1) is 13.9. The Bertz CT molecular complexity index is 732. The lowest BCUT2D eigenvalue weighted by molar-refractivity contribution is -0.112. The Hall–Kier alpha value is -3.09. The molecule has 1 fully saturated rings. The number of hydrogen-bond donors (Lipinski definition) is 2. The van der Waals surface area contributed by atoms with E-state index in [1.54, 1.807) is 24.3 Å². The van der Waals surface area contributed by atoms with Crippen molar-refractivity contribution in [1.29, 1.82) is 0 Å². The second-order valence-electron chi connectivity index (χ2n) is 4.85. The minimum atomic E-state index is -0.541. The number of rotatable bonds is 2. The van der Waals surface area contributed by atoms with Crippen LogP contribution in [0.25, 0.3) is 0 Å². The van der Waals surface area contributed by atoms with E-state index < -0.39 is 6.09 Å². The predicted octanol–water partition coefficient (Wildman–Crippen LogP) is 1.10. The molecule has 3 rings (SSSR count). The van der Waals surface area contributed by atoms with Gasteiger partial charge in [0.25, 0.3) is 0 Å². The number of aliphatic imine (C=N–C) groups is 1. The van der Waals surface area contributed by atoms with Gasteiger partial charge in [0.05, 0.1) is 29.3 Å². The molecule has 4 N–H and O–H groups in total. The van der Waals surface area contributed by atoms with E-state index in [-0.39, 0.29) is 23.8 Å². The molecule has 1 aliphatic carbocycles. The van der Waals surface area contributed by atoms with Crippen LogP contribution in [0.1, 0.15) is 0 Å². The van der Waals surface area contributed by atoms with Crippen molar-refractivity contribution in [2.75, 3.05) is 18.9 Å². The van der Waals surface area contributed by atoms with E-state index in [1.165, 1.54) is 17.1 Å². The quantitative estimate of drug-likeness (QED) is 0.627. The Morgan fingerprint density at radius 3 is 2.45 bits per heavy atom. The Morgan fingerprint density at radius 1 is 1.09 bits per heavy atom. The number of ether oxygens (including phenoxy) is 1. The SMILES string of the molecule is NC1=CC(=O)C(N2CCOC2=O)=C/C1=N/c1ccc(N)cc1. The number of nitrogen functional groups attached to an aromatic ring is 1. The molecule has 0 unspecified atom stereocenters. The average Bonchev–Trinajstić information content (AvgIpc) is 2.90. The number of ketones is 1. The largest absolute Gasteiger partial charge is 0.447 e. The number of allylic oxidation sites excluding steroid dienone is 2. The van der Waals surface area contributed by atoms with E-state index >= 15 is 0 Å². The highest BCUT2D eigenvalue weighted by molar-refractivity contribution is 6.22. The Morgan fingerprint density at radius 2 is 1.82 bits per heavy atom. The molecule has 1 saturated heterocycles. The molecule has 2 aliphatic rings. The van der Waals surface area contributed by atoms with Gasteiger partial charge in [-0.2, -0.15) is 0 Å². The van der Waals surface area contributed by atoms with Crippen molar-refractivity contribution < 1.29 is 14.3 Å². The molecule has 0 radical (unpaired) electrons. The van der Waals surface area contributed by atoms with Gasteiger partial charge in [0.1, 0.15) is 6.61 Å². The summed E-state index contributed by atoms with van der Waals surface area (Å²) in [5, 5.41) is 0. The summed E-state index contributed by atoms with van der Waals surface area (Å²) in [5.74, 6) is -0.340. The number of carbonyl (C=O) groups is 2. The van der Waals surface area contributed by atoms with Crippen molar-refractivity contribution in [3.63, 3.8) is 0 Å². The topological polar surface area (TPSA) is 111 Å². The van der Waals surface area contributed by atoms with E-state index in [0.717, 1.165) is 0 Å². The van der Waals surface area contributed by atoms with E-state index in [9.17, 15) is 9.59 Å². The fraction of sp³-hybridized carbons (Fsp3) is 0.133. The molecule has 1 aromatic carbocycles. The molecule has 0 saturated carbocycles. The van der Waals surface area contributed by atoms with Crippen LogP contribution in [-0.2, 0) is 9.53 Å². The summed E-state index contributed by atoms with van der Waals surface area (Å²) in [4.78, 5) is 29.3. The number of carbonyl (C=O) groups excluding carboxylic acids is 2. The van der Waals surface area contributed by atoms with E-state index in [0.29, 0.717) is 23.6 Å². The average molecular weight is 298 g/mol. The van der Waals surface area contributed by atoms with Crippen LogP contribution in [0.3, 0.4) is 0 Å². The van der Waals surface area contributed by atoms with Crippen LogP contribution in [0.4, 0.5) is 16.2 Å². The first-order chi connectivity index (χ1) is 10.5. The second kappa shape index (κ2) is 5.36. The summed E-state index contributed by atoms with van der Waals surface area (Å²) in [5.41, 5.74) is 13.6. The van der Waals surface area contributed by atoms with E-state index in [4.69, 9.17) is 16.2 Å². The normalized spacial score (nSPS) is 20.0.